The molecule has 0 unspecified atom stereocenters. The van der Waals surface area contributed by atoms with E-state index in [1.54, 1.807) is 12.1 Å². The molecule has 2 aromatic carbocycles. The quantitative estimate of drug-likeness (QED) is 0.499. The second-order valence-electron chi connectivity index (χ2n) is 6.32. The number of hydrogen-bond donors (Lipinski definition) is 2. The molecule has 3 N–H and O–H groups in total. The molecule has 31 heavy (non-hydrogen) atoms. The van der Waals surface area contributed by atoms with Crippen molar-refractivity contribution in [3.05, 3.63) is 58.6 Å². The number of nitrogens with two attached hydrogens (primary N) is 1. The average molecular weight is 444 g/mol. The van der Waals surface area contributed by atoms with Crippen LogP contribution in [0.15, 0.2) is 48.0 Å². The molecule has 0 aromatic heterocycles. The van der Waals surface area contributed by atoms with Gasteiger partial charge in [0.25, 0.3) is 17.7 Å². The Morgan fingerprint density at radius 2 is 1.84 bits per heavy atom. The maximum atomic E-state index is 13.0. The van der Waals surface area contributed by atoms with E-state index in [1.807, 2.05) is 6.92 Å². The molecule has 9 nitrogen and oxygen atoms in total. The fraction of sp³-hybridized carbons (Fsp3) is 0.143. The Bertz CT molecular complexity index is 1080. The maximum Gasteiger partial charge on any atom is 0.335 e. The smallest absolute Gasteiger partial charge is 0.335 e. The molecule has 0 saturated carbocycles. The van der Waals surface area contributed by atoms with Gasteiger partial charge in [0.15, 0.2) is 6.61 Å². The summed E-state index contributed by atoms with van der Waals surface area (Å²) in [6.07, 6.45) is 1.23. The molecule has 1 fully saturated rings. The summed E-state index contributed by atoms with van der Waals surface area (Å²) in [4.78, 5) is 49.6. The van der Waals surface area contributed by atoms with Gasteiger partial charge in [0.1, 0.15) is 17.1 Å². The second kappa shape index (κ2) is 9.31. The van der Waals surface area contributed by atoms with Gasteiger partial charge in [-0.3, -0.25) is 19.7 Å². The fourth-order valence-electron chi connectivity index (χ4n) is 2.82. The normalized spacial score (nSPS) is 15.1. The molecule has 0 aliphatic carbocycles. The van der Waals surface area contributed by atoms with Gasteiger partial charge in [-0.15, -0.1) is 0 Å². The molecular weight excluding hydrogens is 426 g/mol. The zero-order valence-corrected chi connectivity index (χ0v) is 17.1. The number of rotatable bonds is 7. The van der Waals surface area contributed by atoms with E-state index < -0.39 is 30.4 Å². The average Bonchev–Trinajstić information content (AvgIpc) is 2.71. The van der Waals surface area contributed by atoms with E-state index in [0.717, 1.165) is 4.90 Å². The van der Waals surface area contributed by atoms with Crippen LogP contribution in [0.5, 0.6) is 11.5 Å². The first kappa shape index (κ1) is 21.8. The molecule has 0 bridgehead atoms. The number of imide groups is 2. The lowest BCUT2D eigenvalue weighted by Crippen LogP contribution is -2.54. The number of nitrogens with one attached hydrogen (secondary N) is 1. The number of anilines is 1. The van der Waals surface area contributed by atoms with Crippen molar-refractivity contribution in [1.29, 1.82) is 0 Å². The number of amides is 5. The summed E-state index contributed by atoms with van der Waals surface area (Å²) in [7, 11) is 0. The summed E-state index contributed by atoms with van der Waals surface area (Å²) in [6.45, 7) is 1.88. The van der Waals surface area contributed by atoms with E-state index in [2.05, 4.69) is 5.32 Å². The molecule has 1 aliphatic rings. The Kier molecular flexibility index (Phi) is 6.56. The highest BCUT2D eigenvalue weighted by molar-refractivity contribution is 6.39. The minimum absolute atomic E-state index is 0.181. The van der Waals surface area contributed by atoms with Crippen molar-refractivity contribution in [1.82, 2.24) is 5.32 Å². The predicted octanol–water partition coefficient (Wildman–Crippen LogP) is 2.27. The molecule has 3 rings (SSSR count). The Morgan fingerprint density at radius 3 is 2.48 bits per heavy atom. The Balaban J connectivity index is 1.97. The van der Waals surface area contributed by atoms with Crippen LogP contribution in [-0.4, -0.2) is 37.0 Å². The monoisotopic (exact) mass is 443 g/mol. The van der Waals surface area contributed by atoms with Crippen LogP contribution in [0.4, 0.5) is 10.5 Å². The van der Waals surface area contributed by atoms with Crippen molar-refractivity contribution >= 4 is 47.1 Å². The zero-order valence-electron chi connectivity index (χ0n) is 16.4. The van der Waals surface area contributed by atoms with E-state index in [9.17, 15) is 19.2 Å². The molecule has 1 heterocycles. The first-order valence-electron chi connectivity index (χ1n) is 9.15. The number of carbonyl (C=O) groups is 4. The number of barbiturate groups is 1. The van der Waals surface area contributed by atoms with Gasteiger partial charge in [-0.05, 0) is 55.5 Å². The van der Waals surface area contributed by atoms with Crippen LogP contribution in [-0.2, 0) is 14.4 Å². The second-order valence-corrected chi connectivity index (χ2v) is 6.76. The van der Waals surface area contributed by atoms with E-state index in [4.69, 9.17) is 26.8 Å². The topological polar surface area (TPSA) is 128 Å². The number of nitrogens with zero attached hydrogens (tertiary/aromatic N) is 1. The van der Waals surface area contributed by atoms with Crippen LogP contribution in [0.25, 0.3) is 6.08 Å². The molecule has 0 radical (unpaired) electrons. The van der Waals surface area contributed by atoms with Crippen molar-refractivity contribution in [2.24, 2.45) is 5.73 Å². The van der Waals surface area contributed by atoms with Crippen molar-refractivity contribution in [3.63, 3.8) is 0 Å². The van der Waals surface area contributed by atoms with Gasteiger partial charge < -0.3 is 15.2 Å². The minimum atomic E-state index is -0.882. The summed E-state index contributed by atoms with van der Waals surface area (Å²) in [5.41, 5.74) is 5.29. The first-order chi connectivity index (χ1) is 14.8. The Morgan fingerprint density at radius 1 is 1.13 bits per heavy atom. The molecule has 1 saturated heterocycles. The third-order valence-electron chi connectivity index (χ3n) is 4.15. The largest absolute Gasteiger partial charge is 0.494 e. The molecule has 160 valence electrons. The van der Waals surface area contributed by atoms with Gasteiger partial charge in [0.05, 0.1) is 12.3 Å². The van der Waals surface area contributed by atoms with E-state index >= 15 is 0 Å². The third-order valence-corrected chi connectivity index (χ3v) is 4.38. The standard InChI is InChI=1S/C21H18ClN3O6/c1-2-30-15-6-4-14(5-7-15)25-20(28)16(19(27)24-21(25)29)10-12-9-13(22)3-8-17(12)31-11-18(23)26/h3-10H,2,11H2,1H3,(H2,23,26)(H,24,27,29)/b16-10+. The number of halogens is 1. The van der Waals surface area contributed by atoms with E-state index in [-0.39, 0.29) is 22.6 Å². The van der Waals surface area contributed by atoms with Crippen molar-refractivity contribution in [3.8, 4) is 11.5 Å². The van der Waals surface area contributed by atoms with Crippen LogP contribution in [0.3, 0.4) is 0 Å². The van der Waals surface area contributed by atoms with Crippen molar-refractivity contribution < 1.29 is 28.7 Å². The number of benzene rings is 2. The number of ether oxygens (including phenoxy) is 2. The molecule has 5 amide bonds. The lowest BCUT2D eigenvalue weighted by molar-refractivity contribution is -0.123. The fourth-order valence-corrected chi connectivity index (χ4v) is 3.00. The molecule has 0 atom stereocenters. The molecular formula is C21H18ClN3O6. The summed E-state index contributed by atoms with van der Waals surface area (Å²) >= 11 is 6.02. The van der Waals surface area contributed by atoms with E-state index in [0.29, 0.717) is 17.4 Å². The zero-order chi connectivity index (χ0) is 22.5. The van der Waals surface area contributed by atoms with Gasteiger partial charge in [-0.2, -0.15) is 0 Å². The third kappa shape index (κ3) is 5.01. The van der Waals surface area contributed by atoms with Gasteiger partial charge in [-0.1, -0.05) is 11.6 Å². The van der Waals surface area contributed by atoms with Crippen LogP contribution < -0.4 is 25.4 Å². The number of hydrogen-bond acceptors (Lipinski definition) is 6. The van der Waals surface area contributed by atoms with Gasteiger partial charge in [-0.25, -0.2) is 9.69 Å². The Hall–Kier alpha value is -3.85. The summed E-state index contributed by atoms with van der Waals surface area (Å²) in [5.74, 6) is -1.66. The molecule has 1 aliphatic heterocycles. The lowest BCUT2D eigenvalue weighted by atomic mass is 10.1. The highest BCUT2D eigenvalue weighted by atomic mass is 35.5. The van der Waals surface area contributed by atoms with Crippen LogP contribution in [0.1, 0.15) is 12.5 Å². The van der Waals surface area contributed by atoms with Gasteiger partial charge in [0.2, 0.25) is 0 Å². The van der Waals surface area contributed by atoms with E-state index in [1.165, 1.54) is 36.4 Å². The minimum Gasteiger partial charge on any atom is -0.494 e. The SMILES string of the molecule is CCOc1ccc(N2C(=O)NC(=O)/C(=C\c3cc(Cl)ccc3OCC(N)=O)C2=O)cc1. The van der Waals surface area contributed by atoms with Crippen molar-refractivity contribution in [2.45, 2.75) is 6.92 Å². The molecule has 2 aromatic rings. The summed E-state index contributed by atoms with van der Waals surface area (Å²) in [6, 6.07) is 9.80. The predicted molar refractivity (Wildman–Crippen MR) is 113 cm³/mol. The number of urea groups is 1. The molecule has 10 heteroatoms. The highest BCUT2D eigenvalue weighted by Crippen LogP contribution is 2.28. The lowest BCUT2D eigenvalue weighted by Gasteiger charge is -2.26. The Labute approximate surface area is 182 Å². The van der Waals surface area contributed by atoms with Gasteiger partial charge in [0, 0.05) is 10.6 Å². The van der Waals surface area contributed by atoms with Crippen LogP contribution in [0, 0.1) is 0 Å². The van der Waals surface area contributed by atoms with Crippen LogP contribution in [0.2, 0.25) is 5.02 Å². The first-order valence-corrected chi connectivity index (χ1v) is 9.53. The maximum absolute atomic E-state index is 13.0. The summed E-state index contributed by atoms with van der Waals surface area (Å²) < 4.78 is 10.7. The molecule has 0 spiro atoms. The number of carbonyl (C=O) groups excluding carboxylic acids is 4. The highest BCUT2D eigenvalue weighted by Gasteiger charge is 2.37. The number of primary amides is 1. The van der Waals surface area contributed by atoms with Crippen LogP contribution >= 0.6 is 11.6 Å². The van der Waals surface area contributed by atoms with Gasteiger partial charge >= 0.3 is 6.03 Å². The summed E-state index contributed by atoms with van der Waals surface area (Å²) in [5, 5.41) is 2.44. The van der Waals surface area contributed by atoms with Crippen molar-refractivity contribution in [2.75, 3.05) is 18.1 Å².